The summed E-state index contributed by atoms with van der Waals surface area (Å²) >= 11 is 6.64. The van der Waals surface area contributed by atoms with E-state index in [0.29, 0.717) is 20.5 Å². The molecule has 1 aromatic heterocycles. The number of nitrogens with zero attached hydrogens (tertiary/aromatic N) is 1. The molecule has 0 aliphatic rings. The third kappa shape index (κ3) is 3.96. The van der Waals surface area contributed by atoms with Gasteiger partial charge in [-0.05, 0) is 63.0 Å². The van der Waals surface area contributed by atoms with E-state index in [1.807, 2.05) is 6.92 Å². The fourth-order valence-corrected chi connectivity index (χ4v) is 4.12. The molecule has 0 aliphatic carbocycles. The standard InChI is InChI=1S/C13H13Br2N3O2S/c1-2-16-12-7-6-9(8-17-12)21(19,20)18-13-10(14)4-3-5-11(13)15/h3-8,18H,2H2,1H3,(H,16,17). The van der Waals surface area contributed by atoms with Crippen LogP contribution in [0.5, 0.6) is 0 Å². The Morgan fingerprint density at radius 3 is 2.33 bits per heavy atom. The lowest BCUT2D eigenvalue weighted by atomic mass is 10.3. The summed E-state index contributed by atoms with van der Waals surface area (Å²) in [7, 11) is -3.69. The van der Waals surface area contributed by atoms with E-state index in [9.17, 15) is 8.42 Å². The molecule has 0 unspecified atom stereocenters. The second-order valence-corrected chi connectivity index (χ2v) is 7.50. The van der Waals surface area contributed by atoms with Crippen LogP contribution in [0.15, 0.2) is 50.4 Å². The summed E-state index contributed by atoms with van der Waals surface area (Å²) in [5, 5.41) is 3.01. The smallest absolute Gasteiger partial charge is 0.263 e. The molecule has 0 saturated heterocycles. The number of rotatable bonds is 5. The maximum Gasteiger partial charge on any atom is 0.263 e. The van der Waals surface area contributed by atoms with E-state index in [2.05, 4.69) is 46.9 Å². The molecule has 1 aromatic carbocycles. The van der Waals surface area contributed by atoms with Crippen molar-refractivity contribution in [2.45, 2.75) is 11.8 Å². The maximum atomic E-state index is 12.4. The molecule has 2 aromatic rings. The largest absolute Gasteiger partial charge is 0.370 e. The number of halogens is 2. The molecule has 0 atom stereocenters. The fraction of sp³-hybridized carbons (Fsp3) is 0.154. The van der Waals surface area contributed by atoms with Crippen LogP contribution in [0.1, 0.15) is 6.92 Å². The molecule has 0 fully saturated rings. The predicted molar refractivity (Wildman–Crippen MR) is 91.1 cm³/mol. The van der Waals surface area contributed by atoms with Crippen molar-refractivity contribution in [3.8, 4) is 0 Å². The molecular weight excluding hydrogens is 422 g/mol. The number of pyridine rings is 1. The molecule has 2 rings (SSSR count). The molecule has 5 nitrogen and oxygen atoms in total. The van der Waals surface area contributed by atoms with Crippen LogP contribution in [0.25, 0.3) is 0 Å². The van der Waals surface area contributed by atoms with Gasteiger partial charge in [0, 0.05) is 21.7 Å². The molecule has 0 amide bonds. The van der Waals surface area contributed by atoms with Gasteiger partial charge in [-0.15, -0.1) is 0 Å². The third-order valence-corrected chi connectivity index (χ3v) is 5.26. The quantitative estimate of drug-likeness (QED) is 0.749. The first-order valence-electron chi connectivity index (χ1n) is 6.11. The van der Waals surface area contributed by atoms with Gasteiger partial charge in [-0.25, -0.2) is 13.4 Å². The lowest BCUT2D eigenvalue weighted by Gasteiger charge is -2.11. The van der Waals surface area contributed by atoms with E-state index in [4.69, 9.17) is 0 Å². The van der Waals surface area contributed by atoms with Gasteiger partial charge in [-0.2, -0.15) is 0 Å². The summed E-state index contributed by atoms with van der Waals surface area (Å²) in [6, 6.07) is 8.47. The first-order valence-corrected chi connectivity index (χ1v) is 9.17. The average molecular weight is 435 g/mol. The minimum atomic E-state index is -3.69. The third-order valence-electron chi connectivity index (χ3n) is 2.60. The zero-order valence-corrected chi connectivity index (χ0v) is 15.1. The molecule has 2 N–H and O–H groups in total. The molecular formula is C13H13Br2N3O2S. The van der Waals surface area contributed by atoms with E-state index in [-0.39, 0.29) is 4.90 Å². The topological polar surface area (TPSA) is 71.1 Å². The molecule has 0 aliphatic heterocycles. The normalized spacial score (nSPS) is 11.2. The number of hydrogen-bond donors (Lipinski definition) is 2. The Labute approximate surface area is 140 Å². The van der Waals surface area contributed by atoms with Crippen LogP contribution in [0, 0.1) is 0 Å². The highest BCUT2D eigenvalue weighted by Gasteiger charge is 2.17. The van der Waals surface area contributed by atoms with Crippen LogP contribution < -0.4 is 10.0 Å². The Kier molecular flexibility index (Phi) is 5.23. The van der Waals surface area contributed by atoms with E-state index >= 15 is 0 Å². The molecule has 0 spiro atoms. The zero-order valence-electron chi connectivity index (χ0n) is 11.1. The van der Waals surface area contributed by atoms with E-state index in [1.165, 1.54) is 12.3 Å². The summed E-state index contributed by atoms with van der Waals surface area (Å²) in [5.74, 6) is 0.638. The van der Waals surface area contributed by atoms with Gasteiger partial charge >= 0.3 is 0 Å². The van der Waals surface area contributed by atoms with Crippen molar-refractivity contribution in [2.75, 3.05) is 16.6 Å². The Bertz CT molecular complexity index is 713. The van der Waals surface area contributed by atoms with Crippen LogP contribution in [0.4, 0.5) is 11.5 Å². The summed E-state index contributed by atoms with van der Waals surface area (Å²) in [4.78, 5) is 4.17. The number of aromatic nitrogens is 1. The number of sulfonamides is 1. The zero-order chi connectivity index (χ0) is 15.5. The number of nitrogens with one attached hydrogen (secondary N) is 2. The van der Waals surface area contributed by atoms with E-state index in [1.54, 1.807) is 24.3 Å². The van der Waals surface area contributed by atoms with Crippen LogP contribution in [-0.4, -0.2) is 19.9 Å². The molecule has 21 heavy (non-hydrogen) atoms. The van der Waals surface area contributed by atoms with Crippen LogP contribution in [0.3, 0.4) is 0 Å². The van der Waals surface area contributed by atoms with Gasteiger partial charge in [0.1, 0.15) is 10.7 Å². The summed E-state index contributed by atoms with van der Waals surface area (Å²) < 4.78 is 28.6. The SMILES string of the molecule is CCNc1ccc(S(=O)(=O)Nc2c(Br)cccc2Br)cn1. The monoisotopic (exact) mass is 433 g/mol. The predicted octanol–water partition coefficient (Wildman–Crippen LogP) is 3.84. The van der Waals surface area contributed by atoms with Crippen LogP contribution in [0.2, 0.25) is 0 Å². The summed E-state index contributed by atoms with van der Waals surface area (Å²) in [6.07, 6.45) is 1.32. The lowest BCUT2D eigenvalue weighted by molar-refractivity contribution is 0.601. The van der Waals surface area contributed by atoms with Crippen LogP contribution in [-0.2, 0) is 10.0 Å². The van der Waals surface area contributed by atoms with Gasteiger partial charge in [0.25, 0.3) is 10.0 Å². The molecule has 0 radical (unpaired) electrons. The number of benzene rings is 1. The fourth-order valence-electron chi connectivity index (χ4n) is 1.61. The van der Waals surface area contributed by atoms with Crippen molar-refractivity contribution in [1.82, 2.24) is 4.98 Å². The highest BCUT2D eigenvalue weighted by atomic mass is 79.9. The van der Waals surface area contributed by atoms with Gasteiger partial charge < -0.3 is 5.32 Å². The van der Waals surface area contributed by atoms with E-state index in [0.717, 1.165) is 6.54 Å². The van der Waals surface area contributed by atoms with Crippen molar-refractivity contribution in [3.63, 3.8) is 0 Å². The lowest BCUT2D eigenvalue weighted by Crippen LogP contribution is -2.14. The first-order chi connectivity index (χ1) is 9.94. The minimum Gasteiger partial charge on any atom is -0.370 e. The second kappa shape index (κ2) is 6.76. The maximum absolute atomic E-state index is 12.4. The van der Waals surface area contributed by atoms with Gasteiger partial charge in [0.15, 0.2) is 0 Å². The first kappa shape index (κ1) is 16.3. The molecule has 1 heterocycles. The van der Waals surface area contributed by atoms with Crippen molar-refractivity contribution in [3.05, 3.63) is 45.5 Å². The molecule has 8 heteroatoms. The Balaban J connectivity index is 2.30. The Morgan fingerprint density at radius 2 is 1.81 bits per heavy atom. The van der Waals surface area contributed by atoms with Gasteiger partial charge in [-0.1, -0.05) is 6.07 Å². The molecule has 0 bridgehead atoms. The van der Waals surface area contributed by atoms with Crippen molar-refractivity contribution < 1.29 is 8.42 Å². The van der Waals surface area contributed by atoms with Crippen molar-refractivity contribution in [1.29, 1.82) is 0 Å². The number of hydrogen-bond acceptors (Lipinski definition) is 4. The molecule has 0 saturated carbocycles. The van der Waals surface area contributed by atoms with Gasteiger partial charge in [0.05, 0.1) is 5.69 Å². The van der Waals surface area contributed by atoms with Gasteiger partial charge in [-0.3, -0.25) is 4.72 Å². The number of anilines is 2. The van der Waals surface area contributed by atoms with Crippen LogP contribution >= 0.6 is 31.9 Å². The minimum absolute atomic E-state index is 0.104. The van der Waals surface area contributed by atoms with Crippen molar-refractivity contribution in [2.24, 2.45) is 0 Å². The Hall–Kier alpha value is -1.12. The number of para-hydroxylation sites is 1. The second-order valence-electron chi connectivity index (χ2n) is 4.11. The van der Waals surface area contributed by atoms with Gasteiger partial charge in [0.2, 0.25) is 0 Å². The Morgan fingerprint density at radius 1 is 1.14 bits per heavy atom. The summed E-state index contributed by atoms with van der Waals surface area (Å²) in [6.45, 7) is 2.67. The van der Waals surface area contributed by atoms with Crippen molar-refractivity contribution >= 4 is 53.4 Å². The van der Waals surface area contributed by atoms with E-state index < -0.39 is 10.0 Å². The summed E-state index contributed by atoms with van der Waals surface area (Å²) in [5.41, 5.74) is 0.452. The highest BCUT2D eigenvalue weighted by Crippen LogP contribution is 2.32. The molecule has 112 valence electrons. The average Bonchev–Trinajstić information content (AvgIpc) is 2.44. The highest BCUT2D eigenvalue weighted by molar-refractivity contribution is 9.11.